The Bertz CT molecular complexity index is 1240. The summed E-state index contributed by atoms with van der Waals surface area (Å²) >= 11 is 6.14. The number of hydrogen-bond acceptors (Lipinski definition) is 5. The van der Waals surface area contributed by atoms with E-state index < -0.39 is 0 Å². The number of benzene rings is 1. The van der Waals surface area contributed by atoms with Gasteiger partial charge in [0.15, 0.2) is 0 Å². The lowest BCUT2D eigenvalue weighted by molar-refractivity contribution is -0.126. The van der Waals surface area contributed by atoms with Crippen molar-refractivity contribution in [3.8, 4) is 5.88 Å². The molecule has 0 spiro atoms. The van der Waals surface area contributed by atoms with Crippen molar-refractivity contribution in [3.05, 3.63) is 52.7 Å². The Kier molecular flexibility index (Phi) is 9.37. The lowest BCUT2D eigenvalue weighted by Crippen LogP contribution is -2.44. The molecule has 1 aliphatic carbocycles. The smallest absolute Gasteiger partial charge is 0.278 e. The van der Waals surface area contributed by atoms with Crippen LogP contribution in [-0.2, 0) is 11.2 Å². The molecule has 0 atom stereocenters. The molecule has 3 aliphatic rings. The fourth-order valence-corrected chi connectivity index (χ4v) is 6.24. The number of piperidine rings is 1. The third-order valence-electron chi connectivity index (χ3n) is 8.09. The molecule has 2 aromatic rings. The Morgan fingerprint density at radius 2 is 1.90 bits per heavy atom. The van der Waals surface area contributed by atoms with Gasteiger partial charge < -0.3 is 15.0 Å². The van der Waals surface area contributed by atoms with E-state index in [0.717, 1.165) is 56.6 Å². The normalized spacial score (nSPS) is 22.4. The van der Waals surface area contributed by atoms with Crippen molar-refractivity contribution >= 4 is 34.9 Å². The average Bonchev–Trinajstić information content (AvgIpc) is 3.30. The molecule has 5 rings (SSSR count). The molecule has 2 amide bonds. The molecule has 3 heterocycles. The maximum atomic E-state index is 13.2. The molecule has 40 heavy (non-hydrogen) atoms. The number of anilines is 1. The number of likely N-dealkylation sites (tertiary alicyclic amines) is 1. The van der Waals surface area contributed by atoms with E-state index in [2.05, 4.69) is 25.1 Å². The van der Waals surface area contributed by atoms with Gasteiger partial charge in [0.1, 0.15) is 12.4 Å². The first-order valence-corrected chi connectivity index (χ1v) is 15.1. The summed E-state index contributed by atoms with van der Waals surface area (Å²) in [6.07, 6.45) is 9.48. The summed E-state index contributed by atoms with van der Waals surface area (Å²) in [7, 11) is 0. The predicted octanol–water partition coefficient (Wildman–Crippen LogP) is 5.28. The van der Waals surface area contributed by atoms with E-state index in [1.165, 1.54) is 19.3 Å². The summed E-state index contributed by atoms with van der Waals surface area (Å²) in [5.74, 6) is 1.14. The highest BCUT2D eigenvalue weighted by Gasteiger charge is 2.36. The Morgan fingerprint density at radius 3 is 2.62 bits per heavy atom. The van der Waals surface area contributed by atoms with E-state index in [9.17, 15) is 9.59 Å². The second kappa shape index (κ2) is 13.1. The topological polar surface area (TPSA) is 87.1 Å². The number of fused-ring (bicyclic) bond motifs is 1. The monoisotopic (exact) mass is 565 g/mol. The summed E-state index contributed by atoms with van der Waals surface area (Å²) in [4.78, 5) is 39.6. The molecule has 1 aromatic heterocycles. The van der Waals surface area contributed by atoms with Crippen LogP contribution in [0.25, 0.3) is 0 Å². The van der Waals surface area contributed by atoms with Crippen molar-refractivity contribution in [1.82, 2.24) is 15.2 Å². The van der Waals surface area contributed by atoms with Crippen molar-refractivity contribution in [3.63, 3.8) is 0 Å². The predicted molar refractivity (Wildman–Crippen MR) is 158 cm³/mol. The molecule has 1 saturated heterocycles. The van der Waals surface area contributed by atoms with Crippen LogP contribution in [0.4, 0.5) is 5.69 Å². The fraction of sp³-hybridized carbons (Fsp3) is 0.548. The van der Waals surface area contributed by atoms with Crippen LogP contribution in [0.15, 0.2) is 41.5 Å². The van der Waals surface area contributed by atoms with Gasteiger partial charge in [0.25, 0.3) is 5.91 Å². The van der Waals surface area contributed by atoms with Gasteiger partial charge >= 0.3 is 0 Å². The number of nitrogens with one attached hydrogen (secondary N) is 1. The quantitative estimate of drug-likeness (QED) is 0.468. The zero-order chi connectivity index (χ0) is 28.1. The molecule has 2 fully saturated rings. The lowest BCUT2D eigenvalue weighted by atomic mass is 9.84. The van der Waals surface area contributed by atoms with E-state index in [1.54, 1.807) is 24.3 Å². The van der Waals surface area contributed by atoms with Gasteiger partial charge in [0.05, 0.1) is 5.69 Å². The Balaban J connectivity index is 1.34. The number of ether oxygens (including phenoxy) is 1. The molecule has 214 valence electrons. The minimum absolute atomic E-state index is 0.0142. The summed E-state index contributed by atoms with van der Waals surface area (Å²) < 4.78 is 6.10. The van der Waals surface area contributed by atoms with E-state index in [4.69, 9.17) is 16.3 Å². The number of aliphatic imine (C=N–C) groups is 1. The summed E-state index contributed by atoms with van der Waals surface area (Å²) in [5, 5.41) is 3.57. The first-order chi connectivity index (χ1) is 19.4. The van der Waals surface area contributed by atoms with Crippen molar-refractivity contribution in [2.75, 3.05) is 31.1 Å². The van der Waals surface area contributed by atoms with E-state index >= 15 is 0 Å². The molecule has 8 nitrogen and oxygen atoms in total. The number of rotatable bonds is 8. The number of halogens is 1. The third kappa shape index (κ3) is 7.02. The molecule has 9 heteroatoms. The van der Waals surface area contributed by atoms with Crippen LogP contribution >= 0.6 is 11.6 Å². The van der Waals surface area contributed by atoms with Crippen LogP contribution in [0.5, 0.6) is 5.88 Å². The standard InChI is InChI=1S/C31H40ClN5O3/c1-21(2)34-30(38)22-9-11-26(12-10-22)37-27-19-29(40-16-15-36-13-4-3-5-14-36)33-20-24(27)18-28(37)35-31(39)23-7-6-8-25(32)17-23/h6-8,17,19-22,26H,3-5,9-16,18H2,1-2H3,(H,34,38). The maximum Gasteiger partial charge on any atom is 0.278 e. The minimum Gasteiger partial charge on any atom is -0.476 e. The van der Waals surface area contributed by atoms with Crippen molar-refractivity contribution in [2.45, 2.75) is 77.3 Å². The number of amidine groups is 1. The molecule has 2 aliphatic heterocycles. The number of carbonyl (C=O) groups excluding carboxylic acids is 2. The lowest BCUT2D eigenvalue weighted by Gasteiger charge is -2.36. The molecule has 1 aromatic carbocycles. The minimum atomic E-state index is -0.314. The average molecular weight is 566 g/mol. The highest BCUT2D eigenvalue weighted by Crippen LogP contribution is 2.38. The second-order valence-corrected chi connectivity index (χ2v) is 11.9. The number of nitrogens with zero attached hydrogens (tertiary/aromatic N) is 4. The van der Waals surface area contributed by atoms with Gasteiger partial charge in [-0.05, 0) is 83.7 Å². The number of pyridine rings is 1. The molecule has 0 bridgehead atoms. The SMILES string of the molecule is CC(C)NC(=O)C1CCC(N2C(=NC(=O)c3cccc(Cl)c3)Cc3cnc(OCCN4CCCCC4)cc32)CC1. The van der Waals surface area contributed by atoms with Crippen molar-refractivity contribution < 1.29 is 14.3 Å². The molecule has 0 radical (unpaired) electrons. The van der Waals surface area contributed by atoms with Crippen LogP contribution in [0.3, 0.4) is 0 Å². The first kappa shape index (κ1) is 28.6. The number of amides is 2. The third-order valence-corrected chi connectivity index (χ3v) is 8.33. The summed E-state index contributed by atoms with van der Waals surface area (Å²) in [5.41, 5.74) is 2.49. The van der Waals surface area contributed by atoms with Crippen LogP contribution in [0.2, 0.25) is 5.02 Å². The molecule has 1 N–H and O–H groups in total. The highest BCUT2D eigenvalue weighted by molar-refractivity contribution is 6.31. The van der Waals surface area contributed by atoms with E-state index in [0.29, 0.717) is 35.3 Å². The van der Waals surface area contributed by atoms with Gasteiger partial charge in [-0.1, -0.05) is 24.1 Å². The van der Waals surface area contributed by atoms with Crippen LogP contribution in [0.1, 0.15) is 74.7 Å². The van der Waals surface area contributed by atoms with Gasteiger partial charge in [-0.15, -0.1) is 0 Å². The number of hydrogen-bond donors (Lipinski definition) is 1. The van der Waals surface area contributed by atoms with Crippen LogP contribution in [0, 0.1) is 5.92 Å². The molecule has 0 unspecified atom stereocenters. The van der Waals surface area contributed by atoms with E-state index in [1.807, 2.05) is 26.1 Å². The molecular weight excluding hydrogens is 526 g/mol. The van der Waals surface area contributed by atoms with Crippen LogP contribution in [-0.4, -0.2) is 65.9 Å². The van der Waals surface area contributed by atoms with Gasteiger partial charge in [0, 0.05) is 59.4 Å². The fourth-order valence-electron chi connectivity index (χ4n) is 6.05. The largest absolute Gasteiger partial charge is 0.476 e. The van der Waals surface area contributed by atoms with Crippen molar-refractivity contribution in [2.24, 2.45) is 10.9 Å². The zero-order valence-electron chi connectivity index (χ0n) is 23.6. The second-order valence-electron chi connectivity index (χ2n) is 11.5. The molecular formula is C31H40ClN5O3. The first-order valence-electron chi connectivity index (χ1n) is 14.7. The Hall–Kier alpha value is -2.97. The van der Waals surface area contributed by atoms with Crippen LogP contribution < -0.4 is 15.0 Å². The number of carbonyl (C=O) groups is 2. The van der Waals surface area contributed by atoms with Gasteiger partial charge in [-0.3, -0.25) is 14.5 Å². The van der Waals surface area contributed by atoms with Gasteiger partial charge in [0.2, 0.25) is 11.8 Å². The van der Waals surface area contributed by atoms with Crippen molar-refractivity contribution in [1.29, 1.82) is 0 Å². The van der Waals surface area contributed by atoms with Gasteiger partial charge in [-0.2, -0.15) is 4.99 Å². The molecule has 1 saturated carbocycles. The van der Waals surface area contributed by atoms with E-state index in [-0.39, 0.29) is 29.8 Å². The Morgan fingerprint density at radius 1 is 1.12 bits per heavy atom. The number of aromatic nitrogens is 1. The zero-order valence-corrected chi connectivity index (χ0v) is 24.3. The Labute approximate surface area is 242 Å². The maximum absolute atomic E-state index is 13.2. The highest BCUT2D eigenvalue weighted by atomic mass is 35.5. The van der Waals surface area contributed by atoms with Gasteiger partial charge in [-0.25, -0.2) is 4.98 Å². The summed E-state index contributed by atoms with van der Waals surface area (Å²) in [6, 6.07) is 9.16. The summed E-state index contributed by atoms with van der Waals surface area (Å²) in [6.45, 7) is 7.73.